The summed E-state index contributed by atoms with van der Waals surface area (Å²) in [7, 11) is 0. The second-order valence-electron chi connectivity index (χ2n) is 4.76. The number of hydrogen-bond donors (Lipinski definition) is 1. The van der Waals surface area contributed by atoms with Crippen molar-refractivity contribution in [1.29, 1.82) is 0 Å². The van der Waals surface area contributed by atoms with Gasteiger partial charge in [-0.05, 0) is 43.5 Å². The molecule has 0 saturated heterocycles. The second kappa shape index (κ2) is 5.17. The molecule has 1 aromatic heterocycles. The summed E-state index contributed by atoms with van der Waals surface area (Å²) in [4.78, 5) is 8.91. The van der Waals surface area contributed by atoms with Crippen LogP contribution < -0.4 is 5.73 Å². The first-order valence-electron chi connectivity index (χ1n) is 6.36. The van der Waals surface area contributed by atoms with Gasteiger partial charge in [-0.3, -0.25) is 4.99 Å². The molecule has 3 rings (SSSR count). The maximum Gasteiger partial charge on any atom is 0.125 e. The Labute approximate surface area is 120 Å². The molecule has 102 valence electrons. The average Bonchev–Trinajstić information content (AvgIpc) is 2.84. The fourth-order valence-electron chi connectivity index (χ4n) is 2.24. The highest BCUT2D eigenvalue weighted by atomic mass is 32.1. The van der Waals surface area contributed by atoms with Gasteiger partial charge in [0.2, 0.25) is 0 Å². The summed E-state index contributed by atoms with van der Waals surface area (Å²) in [5.74, 6) is -0.326. The van der Waals surface area contributed by atoms with Crippen LogP contribution in [0.25, 0.3) is 5.57 Å². The molecule has 20 heavy (non-hydrogen) atoms. The van der Waals surface area contributed by atoms with Crippen LogP contribution in [0.1, 0.15) is 29.1 Å². The first-order valence-corrected chi connectivity index (χ1v) is 7.24. The van der Waals surface area contributed by atoms with Gasteiger partial charge in [0.15, 0.2) is 0 Å². The van der Waals surface area contributed by atoms with E-state index in [0.717, 1.165) is 40.4 Å². The van der Waals surface area contributed by atoms with Gasteiger partial charge in [-0.25, -0.2) is 9.37 Å². The molecule has 1 aromatic carbocycles. The van der Waals surface area contributed by atoms with Gasteiger partial charge in [-0.1, -0.05) is 0 Å². The number of aromatic nitrogens is 1. The zero-order valence-corrected chi connectivity index (χ0v) is 11.9. The van der Waals surface area contributed by atoms with Crippen LogP contribution >= 0.6 is 11.3 Å². The van der Waals surface area contributed by atoms with E-state index in [0.29, 0.717) is 5.69 Å². The maximum absolute atomic E-state index is 13.4. The van der Waals surface area contributed by atoms with Gasteiger partial charge in [0.1, 0.15) is 5.82 Å². The molecule has 0 amide bonds. The lowest BCUT2D eigenvalue weighted by Crippen LogP contribution is -2.06. The number of aliphatic imine (C=N–C) groups is 1. The van der Waals surface area contributed by atoms with E-state index in [-0.39, 0.29) is 5.82 Å². The summed E-state index contributed by atoms with van der Waals surface area (Å²) in [5, 5.41) is 3.09. The van der Waals surface area contributed by atoms with E-state index >= 15 is 0 Å². The lowest BCUT2D eigenvalue weighted by Gasteiger charge is -2.13. The zero-order valence-electron chi connectivity index (χ0n) is 11.1. The number of nitrogens with two attached hydrogens (primary N) is 1. The Kier molecular flexibility index (Phi) is 3.36. The van der Waals surface area contributed by atoms with Crippen molar-refractivity contribution in [2.75, 3.05) is 5.73 Å². The van der Waals surface area contributed by atoms with E-state index in [1.165, 1.54) is 12.1 Å². The van der Waals surface area contributed by atoms with E-state index in [4.69, 9.17) is 5.73 Å². The monoisotopic (exact) mass is 287 g/mol. The molecule has 0 unspecified atom stereocenters. The van der Waals surface area contributed by atoms with Crippen LogP contribution in [0.3, 0.4) is 0 Å². The van der Waals surface area contributed by atoms with Gasteiger partial charge in [0, 0.05) is 28.5 Å². The Bertz CT molecular complexity index is 695. The average molecular weight is 287 g/mol. The fourth-order valence-corrected chi connectivity index (χ4v) is 2.88. The van der Waals surface area contributed by atoms with Gasteiger partial charge in [-0.2, -0.15) is 0 Å². The molecule has 0 spiro atoms. The lowest BCUT2D eigenvalue weighted by molar-refractivity contribution is 0.628. The Balaban J connectivity index is 1.90. The van der Waals surface area contributed by atoms with Crippen molar-refractivity contribution >= 4 is 28.3 Å². The minimum Gasteiger partial charge on any atom is -0.399 e. The third-order valence-electron chi connectivity index (χ3n) is 3.21. The summed E-state index contributed by atoms with van der Waals surface area (Å²) in [5.41, 5.74) is 9.84. The van der Waals surface area contributed by atoms with Gasteiger partial charge in [0.25, 0.3) is 0 Å². The molecule has 1 aliphatic heterocycles. The molecule has 0 bridgehead atoms. The highest BCUT2D eigenvalue weighted by molar-refractivity contribution is 7.09. The van der Waals surface area contributed by atoms with Crippen LogP contribution in [0.4, 0.5) is 10.1 Å². The molecule has 2 heterocycles. The molecule has 0 fully saturated rings. The first kappa shape index (κ1) is 13.0. The molecular weight excluding hydrogens is 273 g/mol. The lowest BCUT2D eigenvalue weighted by atomic mass is 9.98. The third kappa shape index (κ3) is 2.63. The summed E-state index contributed by atoms with van der Waals surface area (Å²) in [6, 6.07) is 4.54. The molecule has 3 nitrogen and oxygen atoms in total. The van der Waals surface area contributed by atoms with Crippen LogP contribution in [0.15, 0.2) is 34.8 Å². The zero-order chi connectivity index (χ0) is 14.1. The predicted octanol–water partition coefficient (Wildman–Crippen LogP) is 3.80. The van der Waals surface area contributed by atoms with Crippen molar-refractivity contribution in [3.8, 4) is 0 Å². The van der Waals surface area contributed by atoms with E-state index in [2.05, 4.69) is 9.98 Å². The summed E-state index contributed by atoms with van der Waals surface area (Å²) < 4.78 is 13.4. The number of hydrogen-bond acceptors (Lipinski definition) is 4. The Morgan fingerprint density at radius 1 is 1.25 bits per heavy atom. The number of anilines is 1. The Hall–Kier alpha value is -2.01. The Morgan fingerprint density at radius 2 is 2.10 bits per heavy atom. The number of benzene rings is 1. The van der Waals surface area contributed by atoms with Gasteiger partial charge < -0.3 is 5.73 Å². The minimum atomic E-state index is -0.326. The minimum absolute atomic E-state index is 0.326. The third-order valence-corrected chi connectivity index (χ3v) is 3.98. The van der Waals surface area contributed by atoms with E-state index in [1.54, 1.807) is 17.4 Å². The summed E-state index contributed by atoms with van der Waals surface area (Å²) in [6.45, 7) is 1.99. The molecule has 0 atom stereocenters. The Morgan fingerprint density at radius 3 is 2.70 bits per heavy atom. The van der Waals surface area contributed by atoms with Crippen LogP contribution in [0.2, 0.25) is 0 Å². The molecule has 5 heteroatoms. The number of nitrogens with zero attached hydrogens (tertiary/aromatic N) is 2. The van der Waals surface area contributed by atoms with Crippen molar-refractivity contribution < 1.29 is 4.39 Å². The standard InChI is InChI=1S/C15H14FN3S/c1-9-19-15(8-20-9)10-2-3-14(18-7-10)11-4-12(16)6-13(17)5-11/h4-8H,2-3,17H2,1H3. The summed E-state index contributed by atoms with van der Waals surface area (Å²) in [6.07, 6.45) is 3.46. The SMILES string of the molecule is Cc1nc(C2=CN=C(c3cc(N)cc(F)c3)CC2)cs1. The number of halogens is 1. The fraction of sp³-hybridized carbons (Fsp3) is 0.200. The molecular formula is C15H14FN3S. The predicted molar refractivity (Wildman–Crippen MR) is 81.4 cm³/mol. The number of aryl methyl sites for hydroxylation is 1. The van der Waals surface area contributed by atoms with Gasteiger partial charge >= 0.3 is 0 Å². The van der Waals surface area contributed by atoms with E-state index in [1.807, 2.05) is 18.5 Å². The van der Waals surface area contributed by atoms with Crippen LogP contribution in [-0.4, -0.2) is 10.7 Å². The normalized spacial score (nSPS) is 14.9. The molecule has 0 aliphatic carbocycles. The van der Waals surface area contributed by atoms with Crippen molar-refractivity contribution in [3.05, 3.63) is 51.9 Å². The van der Waals surface area contributed by atoms with E-state index < -0.39 is 0 Å². The van der Waals surface area contributed by atoms with Gasteiger partial charge in [0.05, 0.1) is 10.7 Å². The smallest absolute Gasteiger partial charge is 0.125 e. The maximum atomic E-state index is 13.4. The number of allylic oxidation sites excluding steroid dienone is 1. The topological polar surface area (TPSA) is 51.3 Å². The number of nitrogen functional groups attached to an aromatic ring is 1. The molecule has 0 saturated carbocycles. The highest BCUT2D eigenvalue weighted by Crippen LogP contribution is 2.27. The summed E-state index contributed by atoms with van der Waals surface area (Å²) >= 11 is 1.63. The van der Waals surface area contributed by atoms with E-state index in [9.17, 15) is 4.39 Å². The van der Waals surface area contributed by atoms with Crippen molar-refractivity contribution in [3.63, 3.8) is 0 Å². The molecule has 2 aromatic rings. The molecule has 2 N–H and O–H groups in total. The largest absolute Gasteiger partial charge is 0.399 e. The van der Waals surface area contributed by atoms with Crippen LogP contribution in [-0.2, 0) is 0 Å². The molecule has 1 aliphatic rings. The van der Waals surface area contributed by atoms with Crippen LogP contribution in [0.5, 0.6) is 0 Å². The number of rotatable bonds is 2. The molecule has 0 radical (unpaired) electrons. The quantitative estimate of drug-likeness (QED) is 0.854. The van der Waals surface area contributed by atoms with Crippen molar-refractivity contribution in [2.24, 2.45) is 4.99 Å². The van der Waals surface area contributed by atoms with Gasteiger partial charge in [-0.15, -0.1) is 11.3 Å². The van der Waals surface area contributed by atoms with Crippen molar-refractivity contribution in [1.82, 2.24) is 4.98 Å². The van der Waals surface area contributed by atoms with Crippen molar-refractivity contribution in [2.45, 2.75) is 19.8 Å². The first-order chi connectivity index (χ1) is 9.61. The highest BCUT2D eigenvalue weighted by Gasteiger charge is 2.14. The number of thiazole rings is 1. The van der Waals surface area contributed by atoms with Crippen LogP contribution in [0, 0.1) is 12.7 Å². The second-order valence-corrected chi connectivity index (χ2v) is 5.82.